The number of benzene rings is 1. The standard InChI is InChI=1S/C10H15NO4S/c1-7(11)10(15-16(2,13)14)8-3-5-9(12)6-4-8/h3-7,10,12H,11H2,1-2H3/t7-,10-/m0/s1. The first-order chi connectivity index (χ1) is 7.29. The van der Waals surface area contributed by atoms with E-state index in [2.05, 4.69) is 0 Å². The summed E-state index contributed by atoms with van der Waals surface area (Å²) in [5, 5.41) is 9.12. The number of hydrogen-bond donors (Lipinski definition) is 2. The second-order valence-corrected chi connectivity index (χ2v) is 5.27. The summed E-state index contributed by atoms with van der Waals surface area (Å²) in [6, 6.07) is 5.59. The van der Waals surface area contributed by atoms with Gasteiger partial charge in [0.25, 0.3) is 10.1 Å². The highest BCUT2D eigenvalue weighted by Gasteiger charge is 2.21. The van der Waals surface area contributed by atoms with Crippen LogP contribution in [0.5, 0.6) is 5.75 Å². The van der Waals surface area contributed by atoms with Crippen molar-refractivity contribution in [3.8, 4) is 5.75 Å². The molecule has 5 nitrogen and oxygen atoms in total. The lowest BCUT2D eigenvalue weighted by atomic mass is 10.0. The molecule has 0 amide bonds. The minimum atomic E-state index is -3.57. The number of nitrogens with two attached hydrogens (primary N) is 1. The Morgan fingerprint density at radius 3 is 2.19 bits per heavy atom. The Bertz CT molecular complexity index is 438. The lowest BCUT2D eigenvalue weighted by Gasteiger charge is -2.20. The van der Waals surface area contributed by atoms with E-state index >= 15 is 0 Å². The van der Waals surface area contributed by atoms with Crippen LogP contribution in [0.4, 0.5) is 0 Å². The largest absolute Gasteiger partial charge is 0.508 e. The molecule has 0 heterocycles. The molecular formula is C10H15NO4S. The van der Waals surface area contributed by atoms with Gasteiger partial charge in [0.1, 0.15) is 11.9 Å². The quantitative estimate of drug-likeness (QED) is 0.764. The molecule has 0 unspecified atom stereocenters. The van der Waals surface area contributed by atoms with Crippen LogP contribution in [0.15, 0.2) is 24.3 Å². The second-order valence-electron chi connectivity index (χ2n) is 3.67. The van der Waals surface area contributed by atoms with E-state index in [1.54, 1.807) is 19.1 Å². The molecule has 3 N–H and O–H groups in total. The van der Waals surface area contributed by atoms with Crippen LogP contribution >= 0.6 is 0 Å². The van der Waals surface area contributed by atoms with E-state index in [1.165, 1.54) is 12.1 Å². The fourth-order valence-electron chi connectivity index (χ4n) is 1.30. The Labute approximate surface area is 95.0 Å². The maximum atomic E-state index is 11.1. The van der Waals surface area contributed by atoms with Crippen LogP contribution < -0.4 is 5.73 Å². The van der Waals surface area contributed by atoms with Crippen molar-refractivity contribution in [1.29, 1.82) is 0 Å². The molecule has 0 aliphatic carbocycles. The molecule has 1 rings (SSSR count). The Kier molecular flexibility index (Phi) is 3.90. The van der Waals surface area contributed by atoms with Crippen LogP contribution in [0, 0.1) is 0 Å². The molecule has 0 bridgehead atoms. The topological polar surface area (TPSA) is 89.6 Å². The van der Waals surface area contributed by atoms with Gasteiger partial charge in [-0.25, -0.2) is 0 Å². The predicted octanol–water partition coefficient (Wildman–Crippen LogP) is 0.757. The fourth-order valence-corrected chi connectivity index (χ4v) is 1.96. The number of phenolic OH excluding ortho intramolecular Hbond substituents is 1. The molecule has 0 fully saturated rings. The zero-order valence-corrected chi connectivity index (χ0v) is 9.94. The molecular weight excluding hydrogens is 230 g/mol. The van der Waals surface area contributed by atoms with Crippen molar-refractivity contribution in [2.75, 3.05) is 6.26 Å². The summed E-state index contributed by atoms with van der Waals surface area (Å²) in [7, 11) is -3.57. The second kappa shape index (κ2) is 4.82. The predicted molar refractivity (Wildman–Crippen MR) is 60.4 cm³/mol. The summed E-state index contributed by atoms with van der Waals surface area (Å²) in [6.45, 7) is 1.66. The lowest BCUT2D eigenvalue weighted by molar-refractivity contribution is 0.190. The van der Waals surface area contributed by atoms with Crippen LogP contribution in [0.2, 0.25) is 0 Å². The highest BCUT2D eigenvalue weighted by Crippen LogP contribution is 2.23. The van der Waals surface area contributed by atoms with Crippen molar-refractivity contribution in [2.45, 2.75) is 19.1 Å². The molecule has 90 valence electrons. The van der Waals surface area contributed by atoms with Gasteiger partial charge in [0.2, 0.25) is 0 Å². The van der Waals surface area contributed by atoms with Gasteiger partial charge in [0.15, 0.2) is 0 Å². The van der Waals surface area contributed by atoms with E-state index in [4.69, 9.17) is 15.0 Å². The third-order valence-electron chi connectivity index (χ3n) is 1.98. The number of aromatic hydroxyl groups is 1. The fraction of sp³-hybridized carbons (Fsp3) is 0.400. The molecule has 2 atom stereocenters. The van der Waals surface area contributed by atoms with E-state index in [0.717, 1.165) is 6.26 Å². The third-order valence-corrected chi connectivity index (χ3v) is 2.53. The number of hydrogen-bond acceptors (Lipinski definition) is 5. The lowest BCUT2D eigenvalue weighted by Crippen LogP contribution is -2.28. The van der Waals surface area contributed by atoms with E-state index in [1.807, 2.05) is 0 Å². The zero-order chi connectivity index (χ0) is 12.3. The summed E-state index contributed by atoms with van der Waals surface area (Å²) >= 11 is 0. The van der Waals surface area contributed by atoms with Crippen LogP contribution in [-0.4, -0.2) is 25.8 Å². The van der Waals surface area contributed by atoms with E-state index in [9.17, 15) is 8.42 Å². The molecule has 0 aromatic heterocycles. The molecule has 0 saturated carbocycles. The molecule has 1 aromatic rings. The maximum absolute atomic E-state index is 11.1. The zero-order valence-electron chi connectivity index (χ0n) is 9.12. The maximum Gasteiger partial charge on any atom is 0.265 e. The van der Waals surface area contributed by atoms with Crippen molar-refractivity contribution in [3.63, 3.8) is 0 Å². The van der Waals surface area contributed by atoms with Crippen molar-refractivity contribution in [1.82, 2.24) is 0 Å². The summed E-state index contributed by atoms with van der Waals surface area (Å²) in [5.74, 6) is 0.103. The Morgan fingerprint density at radius 1 is 1.31 bits per heavy atom. The molecule has 1 aromatic carbocycles. The molecule has 0 aliphatic rings. The highest BCUT2D eigenvalue weighted by molar-refractivity contribution is 7.86. The number of phenols is 1. The van der Waals surface area contributed by atoms with Crippen molar-refractivity contribution in [2.24, 2.45) is 5.73 Å². The Morgan fingerprint density at radius 2 is 1.81 bits per heavy atom. The SMILES string of the molecule is C[C@H](N)[C@H](OS(C)(=O)=O)c1ccc(O)cc1. The van der Waals surface area contributed by atoms with Gasteiger partial charge in [-0.2, -0.15) is 8.42 Å². The normalized spacial score (nSPS) is 15.7. The minimum absolute atomic E-state index is 0.103. The first-order valence-electron chi connectivity index (χ1n) is 4.72. The van der Waals surface area contributed by atoms with Gasteiger partial charge < -0.3 is 10.8 Å². The van der Waals surface area contributed by atoms with Crippen LogP contribution in [0.25, 0.3) is 0 Å². The van der Waals surface area contributed by atoms with Crippen molar-refractivity contribution in [3.05, 3.63) is 29.8 Å². The summed E-state index contributed by atoms with van der Waals surface area (Å²) in [5.41, 5.74) is 6.27. The Balaban J connectivity index is 2.99. The van der Waals surface area contributed by atoms with Crippen LogP contribution in [0.1, 0.15) is 18.6 Å². The van der Waals surface area contributed by atoms with Crippen LogP contribution in [-0.2, 0) is 14.3 Å². The number of rotatable bonds is 4. The van der Waals surface area contributed by atoms with Crippen molar-refractivity contribution >= 4 is 10.1 Å². The van der Waals surface area contributed by atoms with Gasteiger partial charge in [-0.05, 0) is 24.6 Å². The minimum Gasteiger partial charge on any atom is -0.508 e. The third kappa shape index (κ3) is 3.80. The summed E-state index contributed by atoms with van der Waals surface area (Å²) in [4.78, 5) is 0. The molecule has 6 heteroatoms. The molecule has 0 spiro atoms. The highest BCUT2D eigenvalue weighted by atomic mass is 32.2. The van der Waals surface area contributed by atoms with Gasteiger partial charge in [-0.1, -0.05) is 12.1 Å². The van der Waals surface area contributed by atoms with E-state index in [0.29, 0.717) is 5.56 Å². The average molecular weight is 245 g/mol. The molecule has 0 aliphatic heterocycles. The van der Waals surface area contributed by atoms with Crippen molar-refractivity contribution < 1.29 is 17.7 Å². The summed E-state index contributed by atoms with van der Waals surface area (Å²) < 4.78 is 27.0. The van der Waals surface area contributed by atoms with Gasteiger partial charge in [-0.15, -0.1) is 0 Å². The molecule has 16 heavy (non-hydrogen) atoms. The van der Waals surface area contributed by atoms with E-state index < -0.39 is 22.3 Å². The molecule has 0 radical (unpaired) electrons. The van der Waals surface area contributed by atoms with E-state index in [-0.39, 0.29) is 5.75 Å². The monoisotopic (exact) mass is 245 g/mol. The smallest absolute Gasteiger partial charge is 0.265 e. The van der Waals surface area contributed by atoms with Gasteiger partial charge in [0.05, 0.1) is 6.26 Å². The average Bonchev–Trinajstić information content (AvgIpc) is 2.14. The van der Waals surface area contributed by atoms with Gasteiger partial charge in [-0.3, -0.25) is 4.18 Å². The van der Waals surface area contributed by atoms with Gasteiger partial charge in [0, 0.05) is 6.04 Å². The van der Waals surface area contributed by atoms with Gasteiger partial charge >= 0.3 is 0 Å². The van der Waals surface area contributed by atoms with Crippen LogP contribution in [0.3, 0.4) is 0 Å². The first kappa shape index (κ1) is 13.0. The Hall–Kier alpha value is -1.11. The summed E-state index contributed by atoms with van der Waals surface area (Å²) in [6.07, 6.45) is 0.235. The molecule has 0 saturated heterocycles. The first-order valence-corrected chi connectivity index (χ1v) is 6.54.